The van der Waals surface area contributed by atoms with Crippen LogP contribution in [-0.2, 0) is 4.74 Å². The normalized spacial score (nSPS) is 11.9. The largest absolute Gasteiger partial charge is 0.464 e. The summed E-state index contributed by atoms with van der Waals surface area (Å²) in [6, 6.07) is 3.26. The van der Waals surface area contributed by atoms with Crippen molar-refractivity contribution in [1.82, 2.24) is 10.2 Å². The second-order valence-corrected chi connectivity index (χ2v) is 4.15. The number of anilines is 1. The number of nitrogens with zero attached hydrogens (tertiary/aromatic N) is 2. The Bertz CT molecular complexity index is 367. The number of carbonyl (C=O) groups excluding carboxylic acids is 1. The van der Waals surface area contributed by atoms with Gasteiger partial charge >= 0.3 is 5.97 Å². The van der Waals surface area contributed by atoms with Crippen LogP contribution < -0.4 is 5.32 Å². The van der Waals surface area contributed by atoms with Crippen LogP contribution in [0.2, 0.25) is 0 Å². The van der Waals surface area contributed by atoms with E-state index in [2.05, 4.69) is 20.3 Å². The number of hydrogen-bond donors (Lipinski definition) is 2. The maximum absolute atomic E-state index is 11.1. The van der Waals surface area contributed by atoms with E-state index < -0.39 is 5.97 Å². The summed E-state index contributed by atoms with van der Waals surface area (Å²) in [5.41, 5.74) is 0.192. The first-order valence-electron chi connectivity index (χ1n) is 5.94. The maximum Gasteiger partial charge on any atom is 0.358 e. The standard InChI is InChI=1S/C12H19N3O3/c1-9(8-16)4-3-7-13-11-6-5-10(14-15-11)12(17)18-2/h5-6,9,16H,3-4,7-8H2,1-2H3,(H,13,15). The van der Waals surface area contributed by atoms with Crippen LogP contribution in [0.3, 0.4) is 0 Å². The molecule has 0 radical (unpaired) electrons. The second kappa shape index (κ2) is 7.60. The molecule has 0 aliphatic heterocycles. The Balaban J connectivity index is 2.33. The second-order valence-electron chi connectivity index (χ2n) is 4.15. The predicted molar refractivity (Wildman–Crippen MR) is 67.3 cm³/mol. The van der Waals surface area contributed by atoms with Crippen molar-refractivity contribution in [1.29, 1.82) is 0 Å². The Morgan fingerprint density at radius 1 is 1.50 bits per heavy atom. The Morgan fingerprint density at radius 3 is 2.83 bits per heavy atom. The first-order valence-corrected chi connectivity index (χ1v) is 5.94. The molecule has 0 aromatic carbocycles. The number of rotatable bonds is 7. The first-order chi connectivity index (χ1) is 8.67. The van der Waals surface area contributed by atoms with Crippen LogP contribution in [0.1, 0.15) is 30.3 Å². The summed E-state index contributed by atoms with van der Waals surface area (Å²) in [7, 11) is 1.30. The number of aliphatic hydroxyl groups excluding tert-OH is 1. The van der Waals surface area contributed by atoms with Gasteiger partial charge in [0.05, 0.1) is 7.11 Å². The highest BCUT2D eigenvalue weighted by molar-refractivity contribution is 5.86. The Labute approximate surface area is 106 Å². The Morgan fingerprint density at radius 2 is 2.28 bits per heavy atom. The van der Waals surface area contributed by atoms with Crippen LogP contribution in [0.5, 0.6) is 0 Å². The molecule has 0 aliphatic rings. The van der Waals surface area contributed by atoms with Gasteiger partial charge < -0.3 is 15.2 Å². The van der Waals surface area contributed by atoms with Crippen LogP contribution >= 0.6 is 0 Å². The quantitative estimate of drug-likeness (QED) is 0.559. The molecule has 0 saturated heterocycles. The molecule has 1 aromatic heterocycles. The third kappa shape index (κ3) is 4.67. The summed E-state index contributed by atoms with van der Waals surface area (Å²) >= 11 is 0. The number of ether oxygens (including phenoxy) is 1. The zero-order valence-corrected chi connectivity index (χ0v) is 10.7. The first kappa shape index (κ1) is 14.4. The fourth-order valence-electron chi connectivity index (χ4n) is 1.40. The van der Waals surface area contributed by atoms with Gasteiger partial charge in [0.1, 0.15) is 5.82 Å². The molecule has 1 heterocycles. The van der Waals surface area contributed by atoms with Gasteiger partial charge in [-0.2, -0.15) is 0 Å². The summed E-state index contributed by atoms with van der Waals surface area (Å²) in [4.78, 5) is 11.1. The number of aromatic nitrogens is 2. The molecule has 2 N–H and O–H groups in total. The lowest BCUT2D eigenvalue weighted by atomic mass is 10.1. The van der Waals surface area contributed by atoms with Crippen molar-refractivity contribution in [3.8, 4) is 0 Å². The van der Waals surface area contributed by atoms with Gasteiger partial charge in [0.15, 0.2) is 5.69 Å². The third-order valence-electron chi connectivity index (χ3n) is 2.55. The Kier molecular flexibility index (Phi) is 6.07. The van der Waals surface area contributed by atoms with Gasteiger partial charge in [0.25, 0.3) is 0 Å². The van der Waals surface area contributed by atoms with Crippen molar-refractivity contribution in [3.63, 3.8) is 0 Å². The fraction of sp³-hybridized carbons (Fsp3) is 0.583. The lowest BCUT2D eigenvalue weighted by molar-refractivity contribution is 0.0593. The summed E-state index contributed by atoms with van der Waals surface area (Å²) in [5.74, 6) is 0.449. The minimum atomic E-state index is -0.495. The topological polar surface area (TPSA) is 84.3 Å². The van der Waals surface area contributed by atoms with E-state index in [1.807, 2.05) is 6.92 Å². The molecule has 6 heteroatoms. The number of carbonyl (C=O) groups is 1. The number of nitrogens with one attached hydrogen (secondary N) is 1. The molecule has 0 bridgehead atoms. The summed E-state index contributed by atoms with van der Waals surface area (Å²) in [6.07, 6.45) is 1.90. The molecule has 6 nitrogen and oxygen atoms in total. The molecule has 1 aromatic rings. The molecule has 1 atom stereocenters. The van der Waals surface area contributed by atoms with E-state index in [1.54, 1.807) is 12.1 Å². The summed E-state index contributed by atoms with van der Waals surface area (Å²) < 4.78 is 4.53. The smallest absolute Gasteiger partial charge is 0.358 e. The molecule has 0 fully saturated rings. The van der Waals surface area contributed by atoms with Crippen LogP contribution in [-0.4, -0.2) is 41.5 Å². The molecule has 18 heavy (non-hydrogen) atoms. The highest BCUT2D eigenvalue weighted by Gasteiger charge is 2.07. The zero-order chi connectivity index (χ0) is 13.4. The molecular formula is C12H19N3O3. The highest BCUT2D eigenvalue weighted by atomic mass is 16.5. The summed E-state index contributed by atoms with van der Waals surface area (Å²) in [6.45, 7) is 2.98. The summed E-state index contributed by atoms with van der Waals surface area (Å²) in [5, 5.41) is 19.6. The molecule has 0 saturated carbocycles. The van der Waals surface area contributed by atoms with Crippen LogP contribution in [0.15, 0.2) is 12.1 Å². The van der Waals surface area contributed by atoms with Gasteiger partial charge in [-0.1, -0.05) is 6.92 Å². The van der Waals surface area contributed by atoms with Gasteiger partial charge in [-0.05, 0) is 30.9 Å². The van der Waals surface area contributed by atoms with E-state index in [0.29, 0.717) is 11.7 Å². The molecule has 0 spiro atoms. The third-order valence-corrected chi connectivity index (χ3v) is 2.55. The Hall–Kier alpha value is -1.69. The van der Waals surface area contributed by atoms with Gasteiger partial charge in [0, 0.05) is 13.2 Å². The van der Waals surface area contributed by atoms with E-state index in [9.17, 15) is 4.79 Å². The van der Waals surface area contributed by atoms with E-state index in [4.69, 9.17) is 5.11 Å². The van der Waals surface area contributed by atoms with E-state index in [0.717, 1.165) is 19.4 Å². The molecule has 0 amide bonds. The number of hydrogen-bond acceptors (Lipinski definition) is 6. The SMILES string of the molecule is COC(=O)c1ccc(NCCCC(C)CO)nn1. The highest BCUT2D eigenvalue weighted by Crippen LogP contribution is 2.06. The van der Waals surface area contributed by atoms with Gasteiger partial charge in [0.2, 0.25) is 0 Å². The fourth-order valence-corrected chi connectivity index (χ4v) is 1.40. The average Bonchev–Trinajstić information content (AvgIpc) is 2.43. The van der Waals surface area contributed by atoms with Crippen molar-refractivity contribution in [2.24, 2.45) is 5.92 Å². The lowest BCUT2D eigenvalue weighted by Crippen LogP contribution is -2.10. The van der Waals surface area contributed by atoms with Gasteiger partial charge in [-0.25, -0.2) is 4.79 Å². The number of aliphatic hydroxyl groups is 1. The molecule has 1 rings (SSSR count). The molecular weight excluding hydrogens is 234 g/mol. The monoisotopic (exact) mass is 253 g/mol. The number of esters is 1. The maximum atomic E-state index is 11.1. The molecule has 100 valence electrons. The van der Waals surface area contributed by atoms with E-state index in [1.165, 1.54) is 7.11 Å². The van der Waals surface area contributed by atoms with Crippen molar-refractivity contribution < 1.29 is 14.6 Å². The van der Waals surface area contributed by atoms with Crippen LogP contribution in [0, 0.1) is 5.92 Å². The lowest BCUT2D eigenvalue weighted by Gasteiger charge is -2.08. The number of methoxy groups -OCH3 is 1. The zero-order valence-electron chi connectivity index (χ0n) is 10.7. The minimum absolute atomic E-state index is 0.192. The van der Waals surface area contributed by atoms with Gasteiger partial charge in [-0.3, -0.25) is 0 Å². The minimum Gasteiger partial charge on any atom is -0.464 e. The van der Waals surface area contributed by atoms with E-state index in [-0.39, 0.29) is 12.3 Å². The van der Waals surface area contributed by atoms with Crippen molar-refractivity contribution in [2.45, 2.75) is 19.8 Å². The van der Waals surface area contributed by atoms with Crippen molar-refractivity contribution >= 4 is 11.8 Å². The van der Waals surface area contributed by atoms with Gasteiger partial charge in [-0.15, -0.1) is 10.2 Å². The van der Waals surface area contributed by atoms with E-state index >= 15 is 0 Å². The molecule has 1 unspecified atom stereocenters. The average molecular weight is 253 g/mol. The van der Waals surface area contributed by atoms with Crippen LogP contribution in [0.4, 0.5) is 5.82 Å². The van der Waals surface area contributed by atoms with Crippen molar-refractivity contribution in [2.75, 3.05) is 25.6 Å². The molecule has 0 aliphatic carbocycles. The predicted octanol–water partition coefficient (Wildman–Crippen LogP) is 1.08. The van der Waals surface area contributed by atoms with Crippen LogP contribution in [0.25, 0.3) is 0 Å². The van der Waals surface area contributed by atoms with Crippen molar-refractivity contribution in [3.05, 3.63) is 17.8 Å².